The van der Waals surface area contributed by atoms with Gasteiger partial charge in [-0.15, -0.1) is 0 Å². The van der Waals surface area contributed by atoms with Crippen molar-refractivity contribution in [3.63, 3.8) is 0 Å². The van der Waals surface area contributed by atoms with Crippen molar-refractivity contribution in [2.45, 2.75) is 32.8 Å². The summed E-state index contributed by atoms with van der Waals surface area (Å²) in [6, 6.07) is 9.72. The molecule has 0 bridgehead atoms. The van der Waals surface area contributed by atoms with E-state index >= 15 is 0 Å². The van der Waals surface area contributed by atoms with Crippen LogP contribution in [0.25, 0.3) is 0 Å². The molecule has 3 heteroatoms. The number of hydrogen-bond donors (Lipinski definition) is 1. The highest BCUT2D eigenvalue weighted by Gasteiger charge is 2.12. The van der Waals surface area contributed by atoms with Crippen LogP contribution in [0.4, 0.5) is 0 Å². The molecule has 106 valence electrons. The van der Waals surface area contributed by atoms with Crippen molar-refractivity contribution in [1.29, 1.82) is 0 Å². The third kappa shape index (κ3) is 3.17. The number of pyridine rings is 1. The van der Waals surface area contributed by atoms with Gasteiger partial charge >= 0.3 is 0 Å². The van der Waals surface area contributed by atoms with Crippen LogP contribution < -0.4 is 4.74 Å². The van der Waals surface area contributed by atoms with Gasteiger partial charge in [0.1, 0.15) is 5.75 Å². The van der Waals surface area contributed by atoms with E-state index in [2.05, 4.69) is 4.98 Å². The van der Waals surface area contributed by atoms with Gasteiger partial charge in [-0.05, 0) is 32.3 Å². The lowest BCUT2D eigenvalue weighted by Gasteiger charge is -2.14. The largest absolute Gasteiger partial charge is 0.496 e. The molecule has 1 aromatic carbocycles. The summed E-state index contributed by atoms with van der Waals surface area (Å²) in [5, 5.41) is 10.2. The molecule has 0 aliphatic carbocycles. The first-order chi connectivity index (χ1) is 9.63. The third-order valence-electron chi connectivity index (χ3n) is 3.59. The summed E-state index contributed by atoms with van der Waals surface area (Å²) in [7, 11) is 1.68. The first kappa shape index (κ1) is 14.5. The quantitative estimate of drug-likeness (QED) is 0.906. The Hall–Kier alpha value is -1.87. The molecule has 0 radical (unpaired) electrons. The Morgan fingerprint density at radius 2 is 1.90 bits per heavy atom. The van der Waals surface area contributed by atoms with Gasteiger partial charge in [0.25, 0.3) is 0 Å². The molecule has 0 saturated carbocycles. The normalized spacial score (nSPS) is 12.2. The molecule has 0 spiro atoms. The number of aromatic nitrogens is 1. The molecular weight excluding hydrogens is 250 g/mol. The van der Waals surface area contributed by atoms with Gasteiger partial charge in [-0.3, -0.25) is 4.98 Å². The Kier molecular flexibility index (Phi) is 4.74. The number of rotatable bonds is 5. The van der Waals surface area contributed by atoms with E-state index in [0.717, 1.165) is 34.6 Å². The number of methoxy groups -OCH3 is 1. The summed E-state index contributed by atoms with van der Waals surface area (Å²) in [6.45, 7) is 4.00. The van der Waals surface area contributed by atoms with Gasteiger partial charge in [-0.2, -0.15) is 0 Å². The first-order valence-electron chi connectivity index (χ1n) is 6.85. The Morgan fingerprint density at radius 3 is 2.55 bits per heavy atom. The molecule has 0 fully saturated rings. The van der Waals surface area contributed by atoms with E-state index in [0.29, 0.717) is 6.42 Å². The summed E-state index contributed by atoms with van der Waals surface area (Å²) in [5.41, 5.74) is 4.04. The zero-order valence-corrected chi connectivity index (χ0v) is 12.3. The number of hydrogen-bond acceptors (Lipinski definition) is 3. The van der Waals surface area contributed by atoms with Crippen LogP contribution in [0.2, 0.25) is 0 Å². The molecule has 2 rings (SSSR count). The highest BCUT2D eigenvalue weighted by Crippen LogP contribution is 2.26. The lowest BCUT2D eigenvalue weighted by molar-refractivity contribution is 0.167. The monoisotopic (exact) mass is 271 g/mol. The van der Waals surface area contributed by atoms with Crippen molar-refractivity contribution in [2.24, 2.45) is 0 Å². The van der Waals surface area contributed by atoms with E-state index in [1.54, 1.807) is 7.11 Å². The highest BCUT2D eigenvalue weighted by atomic mass is 16.5. The van der Waals surface area contributed by atoms with Crippen LogP contribution in [0.1, 0.15) is 34.9 Å². The topological polar surface area (TPSA) is 42.4 Å². The van der Waals surface area contributed by atoms with E-state index in [4.69, 9.17) is 4.74 Å². The first-order valence-corrected chi connectivity index (χ1v) is 6.85. The van der Waals surface area contributed by atoms with Gasteiger partial charge in [0.2, 0.25) is 0 Å². The van der Waals surface area contributed by atoms with Crippen LogP contribution in [0.5, 0.6) is 5.75 Å². The third-order valence-corrected chi connectivity index (χ3v) is 3.59. The molecule has 20 heavy (non-hydrogen) atoms. The van der Waals surface area contributed by atoms with E-state index in [-0.39, 0.29) is 0 Å². The Labute approximate surface area is 120 Å². The smallest absolute Gasteiger partial charge is 0.128 e. The number of aliphatic hydroxyl groups excluding tert-OH is 1. The molecule has 1 N–H and O–H groups in total. The molecule has 0 aliphatic heterocycles. The minimum Gasteiger partial charge on any atom is -0.496 e. The predicted molar refractivity (Wildman–Crippen MR) is 80.0 cm³/mol. The Balaban J connectivity index is 2.08. The lowest BCUT2D eigenvalue weighted by Crippen LogP contribution is -2.04. The fourth-order valence-electron chi connectivity index (χ4n) is 2.44. The fourth-order valence-corrected chi connectivity index (χ4v) is 2.44. The number of aliphatic hydroxyl groups is 1. The maximum atomic E-state index is 10.2. The minimum absolute atomic E-state index is 0.454. The second-order valence-electron chi connectivity index (χ2n) is 5.01. The van der Waals surface area contributed by atoms with Gasteiger partial charge in [0.05, 0.1) is 13.2 Å². The number of ether oxygens (including phenoxy) is 1. The molecular formula is C17H21NO2. The zero-order chi connectivity index (χ0) is 14.5. The number of nitrogens with zero attached hydrogens (tertiary/aromatic N) is 1. The van der Waals surface area contributed by atoms with Crippen LogP contribution in [0, 0.1) is 13.8 Å². The number of benzene rings is 1. The molecule has 0 aliphatic rings. The van der Waals surface area contributed by atoms with Crippen LogP contribution >= 0.6 is 0 Å². The summed E-state index contributed by atoms with van der Waals surface area (Å²) in [4.78, 5) is 4.46. The summed E-state index contributed by atoms with van der Waals surface area (Å²) >= 11 is 0. The Bertz CT molecular complexity index is 567. The van der Waals surface area contributed by atoms with Crippen molar-refractivity contribution in [3.05, 3.63) is 58.9 Å². The van der Waals surface area contributed by atoms with Crippen molar-refractivity contribution in [2.75, 3.05) is 7.11 Å². The van der Waals surface area contributed by atoms with E-state index in [1.807, 2.05) is 50.4 Å². The van der Waals surface area contributed by atoms with Gasteiger partial charge < -0.3 is 9.84 Å². The SMILES string of the molecule is COc1c(C)cnc(CCC(O)c2ccccc2)c1C. The maximum Gasteiger partial charge on any atom is 0.128 e. The maximum absolute atomic E-state index is 10.2. The highest BCUT2D eigenvalue weighted by molar-refractivity contribution is 5.41. The molecule has 3 nitrogen and oxygen atoms in total. The van der Waals surface area contributed by atoms with Gasteiger partial charge in [0.15, 0.2) is 0 Å². The standard InChI is InChI=1S/C17H21NO2/c1-12-11-18-15(13(2)17(12)20-3)9-10-16(19)14-7-5-4-6-8-14/h4-8,11,16,19H,9-10H2,1-3H3. The summed E-state index contributed by atoms with van der Waals surface area (Å²) in [5.74, 6) is 0.893. The van der Waals surface area contributed by atoms with Crippen molar-refractivity contribution < 1.29 is 9.84 Å². The molecule has 2 aromatic rings. The number of aryl methyl sites for hydroxylation is 2. The van der Waals surface area contributed by atoms with E-state index in [9.17, 15) is 5.11 Å². The molecule has 0 amide bonds. The Morgan fingerprint density at radius 1 is 1.20 bits per heavy atom. The predicted octanol–water partition coefficient (Wildman–Crippen LogP) is 3.37. The second kappa shape index (κ2) is 6.53. The molecule has 1 heterocycles. The van der Waals surface area contributed by atoms with Gasteiger partial charge in [0, 0.05) is 23.0 Å². The van der Waals surface area contributed by atoms with Crippen molar-refractivity contribution in [1.82, 2.24) is 4.98 Å². The van der Waals surface area contributed by atoms with Crippen LogP contribution in [0.3, 0.4) is 0 Å². The van der Waals surface area contributed by atoms with Crippen LogP contribution in [-0.4, -0.2) is 17.2 Å². The molecule has 1 unspecified atom stereocenters. The second-order valence-corrected chi connectivity index (χ2v) is 5.01. The van der Waals surface area contributed by atoms with Crippen LogP contribution in [-0.2, 0) is 6.42 Å². The average molecular weight is 271 g/mol. The van der Waals surface area contributed by atoms with Crippen LogP contribution in [0.15, 0.2) is 36.5 Å². The van der Waals surface area contributed by atoms with Gasteiger partial charge in [-0.25, -0.2) is 0 Å². The van der Waals surface area contributed by atoms with Crippen molar-refractivity contribution in [3.8, 4) is 5.75 Å². The van der Waals surface area contributed by atoms with E-state index < -0.39 is 6.10 Å². The lowest BCUT2D eigenvalue weighted by atomic mass is 10.0. The zero-order valence-electron chi connectivity index (χ0n) is 12.3. The van der Waals surface area contributed by atoms with E-state index in [1.165, 1.54) is 0 Å². The molecule has 1 atom stereocenters. The summed E-state index contributed by atoms with van der Waals surface area (Å²) in [6.07, 6.45) is 2.77. The minimum atomic E-state index is -0.454. The average Bonchev–Trinajstić information content (AvgIpc) is 2.47. The fraction of sp³-hybridized carbons (Fsp3) is 0.353. The molecule has 1 aromatic heterocycles. The van der Waals surface area contributed by atoms with Gasteiger partial charge in [-0.1, -0.05) is 30.3 Å². The molecule has 0 saturated heterocycles. The van der Waals surface area contributed by atoms with Crippen molar-refractivity contribution >= 4 is 0 Å². The summed E-state index contributed by atoms with van der Waals surface area (Å²) < 4.78 is 5.41.